The van der Waals surface area contributed by atoms with E-state index in [0.29, 0.717) is 5.69 Å². The molecule has 0 spiro atoms. The van der Waals surface area contributed by atoms with Crippen LogP contribution in [0.1, 0.15) is 0 Å². The highest BCUT2D eigenvalue weighted by Crippen LogP contribution is 2.20. The van der Waals surface area contributed by atoms with Gasteiger partial charge in [0.15, 0.2) is 0 Å². The number of rotatable bonds is 3. The highest BCUT2D eigenvalue weighted by molar-refractivity contribution is 7.90. The molecule has 88 valence electrons. The van der Waals surface area contributed by atoms with Gasteiger partial charge in [-0.25, -0.2) is 13.4 Å². The van der Waals surface area contributed by atoms with E-state index in [9.17, 15) is 8.42 Å². The fraction of sp³-hybridized carbons (Fsp3) is 0.0833. The molecule has 0 bridgehead atoms. The van der Waals surface area contributed by atoms with Crippen LogP contribution in [0.15, 0.2) is 48.3 Å². The second-order valence-corrected chi connectivity index (χ2v) is 5.55. The predicted molar refractivity (Wildman–Crippen MR) is 67.2 cm³/mol. The average molecular weight is 248 g/mol. The van der Waals surface area contributed by atoms with Crippen LogP contribution in [0.4, 0.5) is 0 Å². The molecule has 17 heavy (non-hydrogen) atoms. The third-order valence-electron chi connectivity index (χ3n) is 2.30. The molecule has 4 nitrogen and oxygen atoms in total. The Bertz CT molecular complexity index is 642. The zero-order chi connectivity index (χ0) is 12.5. The Balaban J connectivity index is 2.61. The zero-order valence-electron chi connectivity index (χ0n) is 9.37. The molecule has 0 saturated carbocycles. The Kier molecular flexibility index (Phi) is 2.85. The number of hydrogen-bond acceptors (Lipinski definition) is 3. The molecule has 5 heteroatoms. The molecule has 0 aliphatic carbocycles. The first-order chi connectivity index (χ1) is 8.02. The molecule has 0 atom stereocenters. The fourth-order valence-corrected chi connectivity index (χ4v) is 2.30. The van der Waals surface area contributed by atoms with Crippen LogP contribution in [0.2, 0.25) is 0 Å². The molecule has 0 radical (unpaired) electrons. The van der Waals surface area contributed by atoms with E-state index in [1.54, 1.807) is 6.20 Å². The molecule has 1 heterocycles. The summed E-state index contributed by atoms with van der Waals surface area (Å²) >= 11 is 0. The molecular weight excluding hydrogens is 236 g/mol. The summed E-state index contributed by atoms with van der Waals surface area (Å²) in [6, 6.07) is 9.40. The number of nitrogens with zero attached hydrogens (tertiary/aromatic N) is 2. The number of sulfone groups is 1. The highest BCUT2D eigenvalue weighted by Gasteiger charge is 2.16. The average Bonchev–Trinajstić information content (AvgIpc) is 2.74. The van der Waals surface area contributed by atoms with Crippen LogP contribution >= 0.6 is 0 Å². The van der Waals surface area contributed by atoms with Crippen molar-refractivity contribution in [3.05, 3.63) is 43.1 Å². The lowest BCUT2D eigenvalue weighted by Crippen LogP contribution is -2.04. The quantitative estimate of drug-likeness (QED) is 0.835. The molecule has 0 amide bonds. The fourth-order valence-electron chi connectivity index (χ4n) is 1.53. The van der Waals surface area contributed by atoms with Gasteiger partial charge in [-0.1, -0.05) is 36.9 Å². The first kappa shape index (κ1) is 11.6. The molecule has 0 aliphatic heterocycles. The third-order valence-corrected chi connectivity index (χ3v) is 3.26. The Morgan fingerprint density at radius 1 is 1.29 bits per heavy atom. The molecule has 0 aliphatic rings. The second kappa shape index (κ2) is 4.18. The van der Waals surface area contributed by atoms with Crippen molar-refractivity contribution in [2.75, 3.05) is 6.26 Å². The first-order valence-electron chi connectivity index (χ1n) is 4.99. The van der Waals surface area contributed by atoms with Crippen LogP contribution in [0.3, 0.4) is 0 Å². The van der Waals surface area contributed by atoms with Crippen molar-refractivity contribution in [2.45, 2.75) is 5.16 Å². The third kappa shape index (κ3) is 2.29. The van der Waals surface area contributed by atoms with Crippen LogP contribution < -0.4 is 0 Å². The van der Waals surface area contributed by atoms with Gasteiger partial charge in [-0.2, -0.15) is 0 Å². The van der Waals surface area contributed by atoms with Crippen LogP contribution in [0.25, 0.3) is 17.5 Å². The standard InChI is InChI=1S/C12H12N2O2S/c1-3-14-9-11(10-7-5-4-6-8-10)13-12(14)17(2,15)16/h3-9H,1H2,2H3. The normalized spacial score (nSPS) is 11.4. The van der Waals surface area contributed by atoms with Gasteiger partial charge in [0.25, 0.3) is 0 Å². The van der Waals surface area contributed by atoms with E-state index in [-0.39, 0.29) is 5.16 Å². The van der Waals surface area contributed by atoms with Crippen molar-refractivity contribution in [2.24, 2.45) is 0 Å². The largest absolute Gasteiger partial charge is 0.297 e. The molecule has 2 aromatic rings. The van der Waals surface area contributed by atoms with E-state index >= 15 is 0 Å². The summed E-state index contributed by atoms with van der Waals surface area (Å²) in [6.07, 6.45) is 4.21. The lowest BCUT2D eigenvalue weighted by molar-refractivity contribution is 0.592. The lowest BCUT2D eigenvalue weighted by Gasteiger charge is -1.96. The van der Waals surface area contributed by atoms with E-state index in [4.69, 9.17) is 0 Å². The van der Waals surface area contributed by atoms with Crippen molar-refractivity contribution in [3.63, 3.8) is 0 Å². The molecule has 0 N–H and O–H groups in total. The van der Waals surface area contributed by atoms with E-state index < -0.39 is 9.84 Å². The summed E-state index contributed by atoms with van der Waals surface area (Å²) in [6.45, 7) is 3.57. The van der Waals surface area contributed by atoms with Crippen molar-refractivity contribution in [1.82, 2.24) is 9.55 Å². The Morgan fingerprint density at radius 3 is 2.41 bits per heavy atom. The number of hydrogen-bond donors (Lipinski definition) is 0. The molecule has 1 aromatic heterocycles. The number of benzene rings is 1. The van der Waals surface area contributed by atoms with Gasteiger partial charge in [0.05, 0.1) is 5.69 Å². The number of aromatic nitrogens is 2. The first-order valence-corrected chi connectivity index (χ1v) is 6.88. The SMILES string of the molecule is C=Cn1cc(-c2ccccc2)nc1S(C)(=O)=O. The van der Waals surface area contributed by atoms with Gasteiger partial charge in [0.1, 0.15) is 0 Å². The van der Waals surface area contributed by atoms with Crippen LogP contribution in [-0.4, -0.2) is 24.2 Å². The maximum Gasteiger partial charge on any atom is 0.232 e. The Labute approximate surface area is 100 Å². The van der Waals surface area contributed by atoms with Gasteiger partial charge < -0.3 is 0 Å². The van der Waals surface area contributed by atoms with Crippen molar-refractivity contribution >= 4 is 16.0 Å². The Morgan fingerprint density at radius 2 is 1.94 bits per heavy atom. The van der Waals surface area contributed by atoms with Gasteiger partial charge in [-0.05, 0) is 0 Å². The van der Waals surface area contributed by atoms with Crippen molar-refractivity contribution in [1.29, 1.82) is 0 Å². The van der Waals surface area contributed by atoms with E-state index in [0.717, 1.165) is 11.8 Å². The monoisotopic (exact) mass is 248 g/mol. The number of imidazole rings is 1. The van der Waals surface area contributed by atoms with Gasteiger partial charge in [0, 0.05) is 24.2 Å². The minimum Gasteiger partial charge on any atom is -0.297 e. The van der Waals surface area contributed by atoms with Crippen molar-refractivity contribution in [3.8, 4) is 11.3 Å². The molecule has 0 unspecified atom stereocenters. The minimum absolute atomic E-state index is 0.00588. The molecular formula is C12H12N2O2S. The minimum atomic E-state index is -3.35. The Hall–Kier alpha value is -1.88. The summed E-state index contributed by atoms with van der Waals surface area (Å²) in [5.41, 5.74) is 1.49. The van der Waals surface area contributed by atoms with Gasteiger partial charge in [-0.15, -0.1) is 0 Å². The topological polar surface area (TPSA) is 52.0 Å². The molecule has 1 aromatic carbocycles. The van der Waals surface area contributed by atoms with Crippen molar-refractivity contribution < 1.29 is 8.42 Å². The van der Waals surface area contributed by atoms with Crippen LogP contribution in [0, 0.1) is 0 Å². The van der Waals surface area contributed by atoms with E-state index in [1.807, 2.05) is 30.3 Å². The maximum atomic E-state index is 11.5. The van der Waals surface area contributed by atoms with E-state index in [2.05, 4.69) is 11.6 Å². The maximum absolute atomic E-state index is 11.5. The molecule has 0 fully saturated rings. The van der Waals surface area contributed by atoms with Gasteiger partial charge >= 0.3 is 0 Å². The molecule has 2 rings (SSSR count). The van der Waals surface area contributed by atoms with Gasteiger partial charge in [-0.3, -0.25) is 4.57 Å². The smallest absolute Gasteiger partial charge is 0.232 e. The lowest BCUT2D eigenvalue weighted by atomic mass is 10.2. The summed E-state index contributed by atoms with van der Waals surface area (Å²) < 4.78 is 24.5. The summed E-state index contributed by atoms with van der Waals surface area (Å²) in [4.78, 5) is 4.13. The zero-order valence-corrected chi connectivity index (χ0v) is 10.2. The highest BCUT2D eigenvalue weighted by atomic mass is 32.2. The van der Waals surface area contributed by atoms with Crippen LogP contribution in [-0.2, 0) is 9.84 Å². The summed E-state index contributed by atoms with van der Waals surface area (Å²) in [7, 11) is -3.35. The predicted octanol–water partition coefficient (Wildman–Crippen LogP) is 2.05. The molecule has 0 saturated heterocycles. The van der Waals surface area contributed by atoms with E-state index in [1.165, 1.54) is 10.8 Å². The summed E-state index contributed by atoms with van der Waals surface area (Å²) in [5, 5.41) is 0.00588. The summed E-state index contributed by atoms with van der Waals surface area (Å²) in [5.74, 6) is 0. The van der Waals surface area contributed by atoms with Gasteiger partial charge in [0.2, 0.25) is 15.0 Å². The second-order valence-electron chi connectivity index (χ2n) is 3.64. The van der Waals surface area contributed by atoms with Crippen LogP contribution in [0.5, 0.6) is 0 Å².